The zero-order valence-corrected chi connectivity index (χ0v) is 11.9. The number of pyridine rings is 1. The summed E-state index contributed by atoms with van der Waals surface area (Å²) in [7, 11) is 0. The second-order valence-electron chi connectivity index (χ2n) is 5.47. The molecule has 0 saturated carbocycles. The molecule has 1 aromatic rings. The molecule has 0 radical (unpaired) electrons. The van der Waals surface area contributed by atoms with Crippen LogP contribution in [0.15, 0.2) is 12.3 Å². The predicted molar refractivity (Wildman–Crippen MR) is 76.5 cm³/mol. The van der Waals surface area contributed by atoms with Gasteiger partial charge in [-0.15, -0.1) is 0 Å². The Morgan fingerprint density at radius 1 is 1.50 bits per heavy atom. The number of nitrogens with two attached hydrogens (primary N) is 1. The predicted octanol–water partition coefficient (Wildman–Crippen LogP) is 0.636. The molecule has 1 aliphatic rings. The molecule has 1 saturated heterocycles. The van der Waals surface area contributed by atoms with Crippen molar-refractivity contribution in [2.75, 3.05) is 18.0 Å². The van der Waals surface area contributed by atoms with Crippen LogP contribution in [0.4, 0.5) is 11.5 Å². The lowest BCUT2D eigenvalue weighted by Crippen LogP contribution is -2.43. The monoisotopic (exact) mass is 308 g/mol. The average Bonchev–Trinajstić information content (AvgIpc) is 2.45. The normalized spacial score (nSPS) is 21.4. The number of primary amides is 1. The van der Waals surface area contributed by atoms with Crippen molar-refractivity contribution in [2.45, 2.75) is 13.3 Å². The van der Waals surface area contributed by atoms with Gasteiger partial charge in [-0.1, -0.05) is 6.92 Å². The van der Waals surface area contributed by atoms with Gasteiger partial charge < -0.3 is 15.7 Å². The standard InChI is InChI=1S/C13H16N4O5/c1-7-2-8(13(19)20)6-16(5-7)12-10(11(14)18)3-9(4-15-12)17(21)22/h3-4,7-8H,2,5-6H2,1H3,(H2,14,18)(H,19,20). The highest BCUT2D eigenvalue weighted by molar-refractivity contribution is 5.98. The number of rotatable bonds is 4. The summed E-state index contributed by atoms with van der Waals surface area (Å²) in [6.07, 6.45) is 1.57. The largest absolute Gasteiger partial charge is 0.481 e. The number of hydrogen-bond donors (Lipinski definition) is 2. The van der Waals surface area contributed by atoms with Gasteiger partial charge in [0.05, 0.1) is 16.4 Å². The Bertz CT molecular complexity index is 633. The van der Waals surface area contributed by atoms with Gasteiger partial charge in [-0.05, 0) is 12.3 Å². The minimum absolute atomic E-state index is 0.0764. The quantitative estimate of drug-likeness (QED) is 0.614. The number of amides is 1. The maximum Gasteiger partial charge on any atom is 0.308 e. The maximum atomic E-state index is 11.6. The lowest BCUT2D eigenvalue weighted by Gasteiger charge is -2.36. The van der Waals surface area contributed by atoms with E-state index in [0.29, 0.717) is 13.0 Å². The van der Waals surface area contributed by atoms with Crippen LogP contribution in [0.3, 0.4) is 0 Å². The number of hydrogen-bond acceptors (Lipinski definition) is 6. The van der Waals surface area contributed by atoms with E-state index in [1.54, 1.807) is 4.90 Å². The van der Waals surface area contributed by atoms with Crippen molar-refractivity contribution >= 4 is 23.4 Å². The van der Waals surface area contributed by atoms with Gasteiger partial charge in [0.15, 0.2) is 0 Å². The Morgan fingerprint density at radius 3 is 2.73 bits per heavy atom. The summed E-state index contributed by atoms with van der Waals surface area (Å²) in [6.45, 7) is 2.59. The Kier molecular flexibility index (Phi) is 4.25. The Hall–Kier alpha value is -2.71. The van der Waals surface area contributed by atoms with Gasteiger partial charge in [0.1, 0.15) is 12.0 Å². The van der Waals surface area contributed by atoms with E-state index in [4.69, 9.17) is 5.73 Å². The first kappa shape index (κ1) is 15.7. The van der Waals surface area contributed by atoms with E-state index in [2.05, 4.69) is 4.98 Å². The summed E-state index contributed by atoms with van der Waals surface area (Å²) < 4.78 is 0. The molecule has 2 rings (SSSR count). The van der Waals surface area contributed by atoms with Crippen LogP contribution in [0.5, 0.6) is 0 Å². The molecule has 2 atom stereocenters. The summed E-state index contributed by atoms with van der Waals surface area (Å²) >= 11 is 0. The van der Waals surface area contributed by atoms with Crippen molar-refractivity contribution in [1.29, 1.82) is 0 Å². The van der Waals surface area contributed by atoms with Gasteiger partial charge in [0, 0.05) is 19.2 Å². The number of carbonyl (C=O) groups excluding carboxylic acids is 1. The van der Waals surface area contributed by atoms with Crippen molar-refractivity contribution in [3.63, 3.8) is 0 Å². The van der Waals surface area contributed by atoms with Crippen LogP contribution in [0.25, 0.3) is 0 Å². The molecule has 1 amide bonds. The van der Waals surface area contributed by atoms with Crippen LogP contribution in [0.1, 0.15) is 23.7 Å². The fraction of sp³-hybridized carbons (Fsp3) is 0.462. The van der Waals surface area contributed by atoms with Crippen molar-refractivity contribution < 1.29 is 19.6 Å². The van der Waals surface area contributed by atoms with Gasteiger partial charge in [-0.25, -0.2) is 4.98 Å². The zero-order chi connectivity index (χ0) is 16.4. The van der Waals surface area contributed by atoms with E-state index in [1.165, 1.54) is 0 Å². The molecule has 1 fully saturated rings. The van der Waals surface area contributed by atoms with Crippen LogP contribution in [-0.2, 0) is 4.79 Å². The molecule has 0 spiro atoms. The molecule has 22 heavy (non-hydrogen) atoms. The summed E-state index contributed by atoms with van der Waals surface area (Å²) in [4.78, 5) is 38.5. The first-order valence-electron chi connectivity index (χ1n) is 6.71. The van der Waals surface area contributed by atoms with Crippen LogP contribution >= 0.6 is 0 Å². The number of piperidine rings is 1. The first-order chi connectivity index (χ1) is 10.3. The number of anilines is 1. The summed E-state index contributed by atoms with van der Waals surface area (Å²) in [6, 6.07) is 1.07. The third kappa shape index (κ3) is 3.13. The van der Waals surface area contributed by atoms with E-state index in [9.17, 15) is 24.8 Å². The highest BCUT2D eigenvalue weighted by Crippen LogP contribution is 2.29. The molecule has 0 bridgehead atoms. The molecule has 1 aliphatic heterocycles. The molecular formula is C13H16N4O5. The topological polar surface area (TPSA) is 140 Å². The number of carbonyl (C=O) groups is 2. The van der Waals surface area contributed by atoms with Crippen LogP contribution in [-0.4, -0.2) is 40.0 Å². The third-order valence-electron chi connectivity index (χ3n) is 3.64. The van der Waals surface area contributed by atoms with Gasteiger partial charge in [0.25, 0.3) is 11.6 Å². The smallest absolute Gasteiger partial charge is 0.308 e. The van der Waals surface area contributed by atoms with Gasteiger partial charge in [-0.2, -0.15) is 0 Å². The second kappa shape index (κ2) is 5.96. The average molecular weight is 308 g/mol. The molecule has 3 N–H and O–H groups in total. The molecular weight excluding hydrogens is 292 g/mol. The van der Waals surface area contributed by atoms with E-state index < -0.39 is 22.7 Å². The summed E-state index contributed by atoms with van der Waals surface area (Å²) in [5, 5.41) is 20.0. The molecule has 9 nitrogen and oxygen atoms in total. The van der Waals surface area contributed by atoms with Gasteiger partial charge in [0.2, 0.25) is 0 Å². The Labute approximate surface area is 125 Å². The molecule has 0 aliphatic carbocycles. The Balaban J connectivity index is 2.40. The molecule has 2 unspecified atom stereocenters. The number of nitro groups is 1. The van der Waals surface area contributed by atoms with Crippen molar-refractivity contribution in [2.24, 2.45) is 17.6 Å². The number of aliphatic carboxylic acids is 1. The second-order valence-corrected chi connectivity index (χ2v) is 5.47. The molecule has 2 heterocycles. The van der Waals surface area contributed by atoms with E-state index >= 15 is 0 Å². The fourth-order valence-electron chi connectivity index (χ4n) is 2.68. The van der Waals surface area contributed by atoms with E-state index in [0.717, 1.165) is 12.3 Å². The molecule has 118 valence electrons. The van der Waals surface area contributed by atoms with Crippen molar-refractivity contribution in [3.05, 3.63) is 27.9 Å². The minimum Gasteiger partial charge on any atom is -0.481 e. The minimum atomic E-state index is -0.918. The molecule has 0 aromatic carbocycles. The SMILES string of the molecule is CC1CC(C(=O)O)CN(c2ncc([N+](=O)[O-])cc2C(N)=O)C1. The highest BCUT2D eigenvalue weighted by Gasteiger charge is 2.32. The Morgan fingerprint density at radius 2 is 2.18 bits per heavy atom. The summed E-state index contributed by atoms with van der Waals surface area (Å²) in [5.74, 6) is -2.06. The molecule has 1 aromatic heterocycles. The van der Waals surface area contributed by atoms with Crippen LogP contribution < -0.4 is 10.6 Å². The number of aromatic nitrogens is 1. The number of carboxylic acids is 1. The lowest BCUT2D eigenvalue weighted by atomic mass is 9.90. The maximum absolute atomic E-state index is 11.6. The van der Waals surface area contributed by atoms with Crippen molar-refractivity contribution in [3.8, 4) is 0 Å². The fourth-order valence-corrected chi connectivity index (χ4v) is 2.68. The van der Waals surface area contributed by atoms with Gasteiger partial charge in [-0.3, -0.25) is 19.7 Å². The first-order valence-corrected chi connectivity index (χ1v) is 6.71. The van der Waals surface area contributed by atoms with Crippen LogP contribution in [0, 0.1) is 22.0 Å². The molecule has 9 heteroatoms. The number of nitrogens with zero attached hydrogens (tertiary/aromatic N) is 3. The van der Waals surface area contributed by atoms with Gasteiger partial charge >= 0.3 is 5.97 Å². The highest BCUT2D eigenvalue weighted by atomic mass is 16.6. The lowest BCUT2D eigenvalue weighted by molar-refractivity contribution is -0.385. The zero-order valence-electron chi connectivity index (χ0n) is 11.9. The van der Waals surface area contributed by atoms with Crippen molar-refractivity contribution in [1.82, 2.24) is 4.98 Å². The third-order valence-corrected chi connectivity index (χ3v) is 3.64. The van der Waals surface area contributed by atoms with Crippen LogP contribution in [0.2, 0.25) is 0 Å². The summed E-state index contributed by atoms with van der Waals surface area (Å²) in [5.41, 5.74) is 4.86. The van der Waals surface area contributed by atoms with E-state index in [-0.39, 0.29) is 29.5 Å². The number of carboxylic acid groups (broad SMARTS) is 1. The van der Waals surface area contributed by atoms with E-state index in [1.807, 2.05) is 6.92 Å².